The predicted molar refractivity (Wildman–Crippen MR) is 61.1 cm³/mol. The maximum absolute atomic E-state index is 11.9. The number of carbonyl (C=O) groups is 2. The Bertz CT molecular complexity index is 421. The van der Waals surface area contributed by atoms with Gasteiger partial charge in [-0.1, -0.05) is 12.8 Å². The van der Waals surface area contributed by atoms with E-state index in [2.05, 4.69) is 4.74 Å². The van der Waals surface area contributed by atoms with E-state index in [1.807, 2.05) is 0 Å². The molecule has 1 saturated heterocycles. The zero-order valence-corrected chi connectivity index (χ0v) is 10.8. The summed E-state index contributed by atoms with van der Waals surface area (Å²) < 4.78 is 30.4. The van der Waals surface area contributed by atoms with Gasteiger partial charge in [-0.05, 0) is 12.8 Å². The highest BCUT2D eigenvalue weighted by atomic mass is 32.2. The number of carboxylic acid groups (broad SMARTS) is 1. The number of nitrogens with zero attached hydrogens (tertiary/aromatic N) is 1. The van der Waals surface area contributed by atoms with E-state index in [0.717, 1.165) is 17.8 Å². The zero-order chi connectivity index (χ0) is 13.8. The van der Waals surface area contributed by atoms with Crippen LogP contribution in [0.1, 0.15) is 25.7 Å². The van der Waals surface area contributed by atoms with E-state index < -0.39 is 28.3 Å². The van der Waals surface area contributed by atoms with E-state index in [4.69, 9.17) is 5.11 Å². The third-order valence-corrected chi connectivity index (χ3v) is 4.17. The lowest BCUT2D eigenvalue weighted by atomic mass is 10.1. The lowest BCUT2D eigenvalue weighted by molar-refractivity contribution is -0.141. The molecule has 18 heavy (non-hydrogen) atoms. The first-order valence-electron chi connectivity index (χ1n) is 5.49. The lowest BCUT2D eigenvalue weighted by Gasteiger charge is -2.25. The first-order valence-corrected chi connectivity index (χ1v) is 6.93. The minimum absolute atomic E-state index is 0.0727. The number of carbonyl (C=O) groups excluding carboxylic acids is 1. The van der Waals surface area contributed by atoms with Gasteiger partial charge in [-0.3, -0.25) is 4.79 Å². The molecule has 1 unspecified atom stereocenters. The highest BCUT2D eigenvalue weighted by Gasteiger charge is 2.36. The van der Waals surface area contributed by atoms with Gasteiger partial charge >= 0.3 is 22.3 Å². The van der Waals surface area contributed by atoms with Crippen molar-refractivity contribution < 1.29 is 27.9 Å². The predicted octanol–water partition coefficient (Wildman–Crippen LogP) is -0.0836. The fourth-order valence-electron chi connectivity index (χ4n) is 1.82. The standard InChI is InChI=1S/C9H16N2O6S/c1-17-9(14)10-18(15,16)11-6-4-2-3-5-7(11)8(12)13/h7H,2-6H2,1H3,(H,10,14)(H,12,13). The number of nitrogens with one attached hydrogen (secondary N) is 1. The second kappa shape index (κ2) is 6.01. The third-order valence-electron chi connectivity index (χ3n) is 2.70. The van der Waals surface area contributed by atoms with Crippen LogP contribution < -0.4 is 4.72 Å². The fraction of sp³-hybridized carbons (Fsp3) is 0.778. The normalized spacial score (nSPS) is 21.9. The summed E-state index contributed by atoms with van der Waals surface area (Å²) in [5.41, 5.74) is 0. The second-order valence-corrected chi connectivity index (χ2v) is 5.54. The van der Waals surface area contributed by atoms with Gasteiger partial charge in [-0.2, -0.15) is 12.7 Å². The van der Waals surface area contributed by atoms with Crippen LogP contribution in [0.15, 0.2) is 0 Å². The van der Waals surface area contributed by atoms with Crippen molar-refractivity contribution in [2.24, 2.45) is 0 Å². The van der Waals surface area contributed by atoms with Crippen molar-refractivity contribution in [3.05, 3.63) is 0 Å². The van der Waals surface area contributed by atoms with Crippen molar-refractivity contribution in [1.29, 1.82) is 0 Å². The number of hydrogen-bond acceptors (Lipinski definition) is 5. The Labute approximate surface area is 105 Å². The minimum Gasteiger partial charge on any atom is -0.480 e. The van der Waals surface area contributed by atoms with Crippen LogP contribution in [0.4, 0.5) is 4.79 Å². The van der Waals surface area contributed by atoms with Crippen molar-refractivity contribution >= 4 is 22.3 Å². The van der Waals surface area contributed by atoms with Crippen LogP contribution in [-0.4, -0.2) is 49.6 Å². The van der Waals surface area contributed by atoms with Gasteiger partial charge in [0.1, 0.15) is 6.04 Å². The molecule has 104 valence electrons. The number of amides is 1. The van der Waals surface area contributed by atoms with Crippen molar-refractivity contribution in [2.75, 3.05) is 13.7 Å². The molecule has 0 aliphatic carbocycles. The number of aliphatic carboxylic acids is 1. The van der Waals surface area contributed by atoms with Crippen LogP contribution in [0, 0.1) is 0 Å². The van der Waals surface area contributed by atoms with Gasteiger partial charge in [0.25, 0.3) is 0 Å². The van der Waals surface area contributed by atoms with E-state index in [1.165, 1.54) is 0 Å². The van der Waals surface area contributed by atoms with E-state index >= 15 is 0 Å². The van der Waals surface area contributed by atoms with Crippen LogP contribution in [0.3, 0.4) is 0 Å². The number of rotatable bonds is 3. The summed E-state index contributed by atoms with van der Waals surface area (Å²) in [4.78, 5) is 22.0. The maximum atomic E-state index is 11.9. The summed E-state index contributed by atoms with van der Waals surface area (Å²) in [6, 6.07) is -1.14. The van der Waals surface area contributed by atoms with E-state index in [0.29, 0.717) is 12.8 Å². The van der Waals surface area contributed by atoms with Crippen LogP contribution in [0.5, 0.6) is 0 Å². The van der Waals surface area contributed by atoms with Crippen LogP contribution in [0.25, 0.3) is 0 Å². The Balaban J connectivity index is 2.93. The first kappa shape index (κ1) is 14.7. The SMILES string of the molecule is COC(=O)NS(=O)(=O)N1CCCCCC1C(=O)O. The number of methoxy groups -OCH3 is 1. The fourth-order valence-corrected chi connectivity index (χ4v) is 3.13. The quantitative estimate of drug-likeness (QED) is 0.747. The summed E-state index contributed by atoms with van der Waals surface area (Å²) in [7, 11) is -3.15. The molecule has 9 heteroatoms. The van der Waals surface area contributed by atoms with Crippen molar-refractivity contribution in [3.63, 3.8) is 0 Å². The molecule has 1 rings (SSSR count). The van der Waals surface area contributed by atoms with E-state index in [1.54, 1.807) is 4.72 Å². The van der Waals surface area contributed by atoms with Crippen molar-refractivity contribution in [2.45, 2.75) is 31.7 Å². The van der Waals surface area contributed by atoms with Gasteiger partial charge in [0, 0.05) is 6.54 Å². The summed E-state index contributed by atoms with van der Waals surface area (Å²) >= 11 is 0. The molecule has 1 heterocycles. The van der Waals surface area contributed by atoms with Gasteiger partial charge in [-0.15, -0.1) is 0 Å². The highest BCUT2D eigenvalue weighted by Crippen LogP contribution is 2.19. The Kier molecular flexibility index (Phi) is 4.91. The number of hydrogen-bond donors (Lipinski definition) is 2. The lowest BCUT2D eigenvalue weighted by Crippen LogP contribution is -2.51. The Morgan fingerprint density at radius 2 is 2.00 bits per heavy atom. The monoisotopic (exact) mass is 280 g/mol. The van der Waals surface area contributed by atoms with Crippen molar-refractivity contribution in [1.82, 2.24) is 9.03 Å². The molecule has 1 aliphatic heterocycles. The van der Waals surface area contributed by atoms with Gasteiger partial charge in [0.05, 0.1) is 7.11 Å². The maximum Gasteiger partial charge on any atom is 0.421 e. The Hall–Kier alpha value is -1.35. The molecular formula is C9H16N2O6S. The topological polar surface area (TPSA) is 113 Å². The molecule has 0 aromatic heterocycles. The first-order chi connectivity index (χ1) is 8.38. The van der Waals surface area contributed by atoms with Crippen LogP contribution >= 0.6 is 0 Å². The largest absolute Gasteiger partial charge is 0.480 e. The smallest absolute Gasteiger partial charge is 0.421 e. The van der Waals surface area contributed by atoms with Gasteiger partial charge in [0.2, 0.25) is 0 Å². The Morgan fingerprint density at radius 1 is 1.33 bits per heavy atom. The molecular weight excluding hydrogens is 264 g/mol. The van der Waals surface area contributed by atoms with Gasteiger partial charge in [0.15, 0.2) is 0 Å². The van der Waals surface area contributed by atoms with Gasteiger partial charge < -0.3 is 9.84 Å². The molecule has 0 saturated carbocycles. The van der Waals surface area contributed by atoms with E-state index in [9.17, 15) is 18.0 Å². The molecule has 0 aromatic carbocycles. The van der Waals surface area contributed by atoms with E-state index in [-0.39, 0.29) is 13.0 Å². The Morgan fingerprint density at radius 3 is 2.56 bits per heavy atom. The molecule has 1 atom stereocenters. The zero-order valence-electron chi connectivity index (χ0n) is 9.96. The summed E-state index contributed by atoms with van der Waals surface area (Å²) in [6.07, 6.45) is 1.06. The van der Waals surface area contributed by atoms with Crippen LogP contribution in [0.2, 0.25) is 0 Å². The van der Waals surface area contributed by atoms with Gasteiger partial charge in [-0.25, -0.2) is 9.52 Å². The molecule has 8 nitrogen and oxygen atoms in total. The summed E-state index contributed by atoms with van der Waals surface area (Å²) in [6.45, 7) is 0.0727. The molecule has 0 radical (unpaired) electrons. The minimum atomic E-state index is -4.18. The third kappa shape index (κ3) is 3.57. The molecule has 1 aliphatic rings. The number of carboxylic acids is 1. The summed E-state index contributed by atoms with van der Waals surface area (Å²) in [5.74, 6) is -1.22. The second-order valence-electron chi connectivity index (χ2n) is 3.91. The molecule has 1 amide bonds. The molecule has 0 aromatic rings. The average Bonchev–Trinajstić information content (AvgIpc) is 2.53. The molecule has 0 spiro atoms. The van der Waals surface area contributed by atoms with Crippen LogP contribution in [-0.2, 0) is 19.7 Å². The highest BCUT2D eigenvalue weighted by molar-refractivity contribution is 7.87. The molecule has 0 bridgehead atoms. The summed E-state index contributed by atoms with van der Waals surface area (Å²) in [5, 5.41) is 9.04. The van der Waals surface area contributed by atoms with Crippen molar-refractivity contribution in [3.8, 4) is 0 Å². The number of ether oxygens (including phenoxy) is 1. The molecule has 1 fully saturated rings. The molecule has 2 N–H and O–H groups in total. The average molecular weight is 280 g/mol.